The van der Waals surface area contributed by atoms with Gasteiger partial charge in [-0.05, 0) is 28.7 Å². The monoisotopic (exact) mass is 350 g/mol. The van der Waals surface area contributed by atoms with E-state index in [9.17, 15) is 9.90 Å². The molecule has 2 aromatic carbocycles. The first kappa shape index (κ1) is 18.2. The van der Waals surface area contributed by atoms with Crippen LogP contribution in [0.1, 0.15) is 42.3 Å². The molecule has 0 radical (unpaired) electrons. The van der Waals surface area contributed by atoms with Crippen LogP contribution < -0.4 is 0 Å². The number of benzene rings is 2. The number of amides is 1. The first-order valence-corrected chi connectivity index (χ1v) is 8.96. The summed E-state index contributed by atoms with van der Waals surface area (Å²) in [4.78, 5) is 17.9. The Morgan fingerprint density at radius 2 is 1.81 bits per heavy atom. The van der Waals surface area contributed by atoms with E-state index in [2.05, 4.69) is 50.0 Å². The molecule has 0 saturated carbocycles. The Morgan fingerprint density at radius 3 is 2.46 bits per heavy atom. The number of aliphatic hydroxyl groups excluding tert-OH is 1. The Labute approximate surface area is 154 Å². The van der Waals surface area contributed by atoms with Gasteiger partial charge in [0.2, 0.25) is 0 Å². The van der Waals surface area contributed by atoms with Crippen LogP contribution in [0.5, 0.6) is 0 Å². The Kier molecular flexibility index (Phi) is 5.14. The third-order valence-electron chi connectivity index (χ3n) is 4.67. The second-order valence-electron chi connectivity index (χ2n) is 7.64. The number of nitrogens with one attached hydrogen (secondary N) is 1. The maximum atomic E-state index is 13.1. The Hall–Kier alpha value is -2.59. The highest BCUT2D eigenvalue weighted by Crippen LogP contribution is 2.23. The number of carbonyl (C=O) groups excluding carboxylic acids is 1. The van der Waals surface area contributed by atoms with Crippen molar-refractivity contribution in [2.24, 2.45) is 0 Å². The highest BCUT2D eigenvalue weighted by Gasteiger charge is 2.19. The summed E-state index contributed by atoms with van der Waals surface area (Å²) in [6, 6.07) is 16.0. The topological polar surface area (TPSA) is 56.3 Å². The van der Waals surface area contributed by atoms with Crippen molar-refractivity contribution in [1.29, 1.82) is 0 Å². The van der Waals surface area contributed by atoms with Gasteiger partial charge in [-0.2, -0.15) is 0 Å². The normalized spacial score (nSPS) is 11.7. The molecule has 0 bridgehead atoms. The predicted octanol–water partition coefficient (Wildman–Crippen LogP) is 4.10. The molecule has 3 aromatic rings. The van der Waals surface area contributed by atoms with Crippen LogP contribution >= 0.6 is 0 Å². The average molecular weight is 350 g/mol. The summed E-state index contributed by atoms with van der Waals surface area (Å²) >= 11 is 0. The minimum absolute atomic E-state index is 0.0630. The summed E-state index contributed by atoms with van der Waals surface area (Å²) in [6.45, 7) is 7.26. The molecule has 2 N–H and O–H groups in total. The summed E-state index contributed by atoms with van der Waals surface area (Å²) in [6.07, 6.45) is 1.84. The molecule has 0 fully saturated rings. The molecular formula is C22H26N2O2. The molecule has 1 heterocycles. The van der Waals surface area contributed by atoms with Gasteiger partial charge < -0.3 is 15.0 Å². The lowest BCUT2D eigenvalue weighted by Gasteiger charge is -2.23. The van der Waals surface area contributed by atoms with Crippen LogP contribution in [-0.2, 0) is 12.0 Å². The standard InChI is InChI=1S/C22H26N2O2/c1-22(2,3)18-9-7-16(8-10-18)15-24(13-14-25)21(26)19-6-4-5-17-11-12-23-20(17)19/h4-12,23,25H,13-15H2,1-3H3. The molecule has 0 atom stereocenters. The number of rotatable bonds is 5. The fourth-order valence-corrected chi connectivity index (χ4v) is 3.14. The fourth-order valence-electron chi connectivity index (χ4n) is 3.14. The first-order valence-electron chi connectivity index (χ1n) is 8.96. The molecule has 0 spiro atoms. The molecule has 1 aromatic heterocycles. The number of hydrogen-bond acceptors (Lipinski definition) is 2. The lowest BCUT2D eigenvalue weighted by atomic mass is 9.87. The van der Waals surface area contributed by atoms with Crippen molar-refractivity contribution in [2.45, 2.75) is 32.7 Å². The largest absolute Gasteiger partial charge is 0.395 e. The van der Waals surface area contributed by atoms with Crippen LogP contribution in [0.3, 0.4) is 0 Å². The molecular weight excluding hydrogens is 324 g/mol. The summed E-state index contributed by atoms with van der Waals surface area (Å²) < 4.78 is 0. The van der Waals surface area contributed by atoms with Crippen molar-refractivity contribution < 1.29 is 9.90 Å². The van der Waals surface area contributed by atoms with Crippen molar-refractivity contribution in [2.75, 3.05) is 13.2 Å². The fraction of sp³-hybridized carbons (Fsp3) is 0.318. The predicted molar refractivity (Wildman–Crippen MR) is 105 cm³/mol. The molecule has 0 aliphatic rings. The summed E-state index contributed by atoms with van der Waals surface area (Å²) in [5, 5.41) is 10.4. The zero-order valence-electron chi connectivity index (χ0n) is 15.6. The Balaban J connectivity index is 1.85. The molecule has 4 heteroatoms. The van der Waals surface area contributed by atoms with Crippen LogP contribution in [-0.4, -0.2) is 34.0 Å². The minimum Gasteiger partial charge on any atom is -0.395 e. The van der Waals surface area contributed by atoms with Gasteiger partial charge in [0.05, 0.1) is 17.7 Å². The second kappa shape index (κ2) is 7.34. The smallest absolute Gasteiger partial charge is 0.256 e. The molecule has 0 aliphatic carbocycles. The van der Waals surface area contributed by atoms with Gasteiger partial charge in [-0.3, -0.25) is 4.79 Å². The number of H-pyrrole nitrogens is 1. The highest BCUT2D eigenvalue weighted by molar-refractivity contribution is 6.05. The van der Waals surface area contributed by atoms with Crippen LogP contribution in [0.2, 0.25) is 0 Å². The lowest BCUT2D eigenvalue weighted by molar-refractivity contribution is 0.0709. The Bertz CT molecular complexity index is 888. The van der Waals surface area contributed by atoms with Crippen LogP contribution in [0.25, 0.3) is 10.9 Å². The first-order chi connectivity index (χ1) is 12.4. The van der Waals surface area contributed by atoms with E-state index in [1.54, 1.807) is 4.90 Å². The number of aromatic nitrogens is 1. The maximum absolute atomic E-state index is 13.1. The number of fused-ring (bicyclic) bond motifs is 1. The molecule has 1 amide bonds. The van der Waals surface area contributed by atoms with Gasteiger partial charge in [0.15, 0.2) is 0 Å². The maximum Gasteiger partial charge on any atom is 0.256 e. The molecule has 4 nitrogen and oxygen atoms in total. The van der Waals surface area contributed by atoms with Crippen molar-refractivity contribution in [3.8, 4) is 0 Å². The number of hydrogen-bond donors (Lipinski definition) is 2. The Morgan fingerprint density at radius 1 is 1.08 bits per heavy atom. The quantitative estimate of drug-likeness (QED) is 0.728. The van der Waals surface area contributed by atoms with Crippen molar-refractivity contribution in [1.82, 2.24) is 9.88 Å². The highest BCUT2D eigenvalue weighted by atomic mass is 16.3. The SMILES string of the molecule is CC(C)(C)c1ccc(CN(CCO)C(=O)c2cccc3cc[nH]c23)cc1. The van der Waals surface area contributed by atoms with Crippen molar-refractivity contribution >= 4 is 16.8 Å². The van der Waals surface area contributed by atoms with E-state index in [-0.39, 0.29) is 17.9 Å². The van der Waals surface area contributed by atoms with Crippen molar-refractivity contribution in [3.05, 3.63) is 71.4 Å². The van der Waals surface area contributed by atoms with E-state index in [4.69, 9.17) is 0 Å². The molecule has 0 saturated heterocycles. The summed E-state index contributed by atoms with van der Waals surface area (Å²) in [5.74, 6) is -0.0769. The van der Waals surface area contributed by atoms with Gasteiger partial charge in [-0.15, -0.1) is 0 Å². The van der Waals surface area contributed by atoms with E-state index in [0.717, 1.165) is 16.5 Å². The molecule has 3 rings (SSSR count). The third kappa shape index (κ3) is 3.81. The van der Waals surface area contributed by atoms with E-state index in [0.29, 0.717) is 18.7 Å². The lowest BCUT2D eigenvalue weighted by Crippen LogP contribution is -2.33. The van der Waals surface area contributed by atoms with Crippen LogP contribution in [0.15, 0.2) is 54.7 Å². The minimum atomic E-state index is -0.0769. The zero-order valence-corrected chi connectivity index (χ0v) is 15.6. The van der Waals surface area contributed by atoms with Gasteiger partial charge in [0, 0.05) is 24.7 Å². The molecule has 136 valence electrons. The third-order valence-corrected chi connectivity index (χ3v) is 4.67. The van der Waals surface area contributed by atoms with Gasteiger partial charge in [-0.25, -0.2) is 0 Å². The second-order valence-corrected chi connectivity index (χ2v) is 7.64. The van der Waals surface area contributed by atoms with Gasteiger partial charge in [0.25, 0.3) is 5.91 Å². The number of para-hydroxylation sites is 1. The number of aliphatic hydroxyl groups is 1. The van der Waals surface area contributed by atoms with Gasteiger partial charge in [-0.1, -0.05) is 57.2 Å². The molecule has 26 heavy (non-hydrogen) atoms. The zero-order chi connectivity index (χ0) is 18.7. The van der Waals surface area contributed by atoms with E-state index >= 15 is 0 Å². The van der Waals surface area contributed by atoms with E-state index < -0.39 is 0 Å². The van der Waals surface area contributed by atoms with Gasteiger partial charge >= 0.3 is 0 Å². The average Bonchev–Trinajstić information content (AvgIpc) is 3.09. The summed E-state index contributed by atoms with van der Waals surface area (Å²) in [5.41, 5.74) is 3.88. The van der Waals surface area contributed by atoms with E-state index in [1.807, 2.05) is 30.5 Å². The van der Waals surface area contributed by atoms with Crippen LogP contribution in [0, 0.1) is 0 Å². The molecule has 0 aliphatic heterocycles. The number of nitrogens with zero attached hydrogens (tertiary/aromatic N) is 1. The number of aromatic amines is 1. The van der Waals surface area contributed by atoms with Crippen molar-refractivity contribution in [3.63, 3.8) is 0 Å². The van der Waals surface area contributed by atoms with Gasteiger partial charge in [0.1, 0.15) is 0 Å². The number of carbonyl (C=O) groups is 1. The van der Waals surface area contributed by atoms with E-state index in [1.165, 1.54) is 5.56 Å². The molecule has 0 unspecified atom stereocenters. The summed E-state index contributed by atoms with van der Waals surface area (Å²) in [7, 11) is 0. The van der Waals surface area contributed by atoms with Crippen LogP contribution in [0.4, 0.5) is 0 Å².